The lowest BCUT2D eigenvalue weighted by Crippen LogP contribution is -2.34. The minimum Gasteiger partial charge on any atom is -0.493 e. The summed E-state index contributed by atoms with van der Waals surface area (Å²) < 4.78 is 11.6. The number of aromatic nitrogens is 2. The summed E-state index contributed by atoms with van der Waals surface area (Å²) in [7, 11) is 1.57. The van der Waals surface area contributed by atoms with Crippen molar-refractivity contribution in [2.75, 3.05) is 19.0 Å². The smallest absolute Gasteiger partial charge is 0.247 e. The van der Waals surface area contributed by atoms with Gasteiger partial charge in [-0.15, -0.1) is 0 Å². The van der Waals surface area contributed by atoms with Gasteiger partial charge in [0.05, 0.1) is 25.1 Å². The summed E-state index contributed by atoms with van der Waals surface area (Å²) in [5.41, 5.74) is 3.95. The molecule has 1 heterocycles. The molecular formula is C28H27N5O3. The Hall–Kier alpha value is -4.77. The fourth-order valence-corrected chi connectivity index (χ4v) is 3.67. The van der Waals surface area contributed by atoms with Crippen LogP contribution in [0.2, 0.25) is 0 Å². The van der Waals surface area contributed by atoms with Crippen LogP contribution in [0, 0.1) is 11.3 Å². The van der Waals surface area contributed by atoms with Crippen LogP contribution in [0.1, 0.15) is 28.4 Å². The van der Waals surface area contributed by atoms with E-state index in [1.165, 1.54) is 0 Å². The van der Waals surface area contributed by atoms with Crippen LogP contribution in [0.5, 0.6) is 11.5 Å². The number of imidazole rings is 1. The van der Waals surface area contributed by atoms with Crippen molar-refractivity contribution < 1.29 is 14.3 Å². The van der Waals surface area contributed by atoms with Crippen LogP contribution < -0.4 is 20.1 Å². The molecule has 1 amide bonds. The van der Waals surface area contributed by atoms with Gasteiger partial charge in [0.2, 0.25) is 5.91 Å². The Labute approximate surface area is 209 Å². The molecular weight excluding hydrogens is 454 g/mol. The number of carbonyl (C=O) groups excluding carboxylic acids is 1. The van der Waals surface area contributed by atoms with Crippen molar-refractivity contribution in [2.45, 2.75) is 19.1 Å². The van der Waals surface area contributed by atoms with Crippen LogP contribution in [0.4, 0.5) is 5.69 Å². The predicted molar refractivity (Wildman–Crippen MR) is 137 cm³/mol. The topological polar surface area (TPSA) is 112 Å². The van der Waals surface area contributed by atoms with Crippen LogP contribution in [0.25, 0.3) is 0 Å². The molecule has 8 heteroatoms. The van der Waals surface area contributed by atoms with E-state index in [2.05, 4.69) is 26.7 Å². The first-order chi connectivity index (χ1) is 17.7. The number of rotatable bonds is 11. The average Bonchev–Trinajstić information content (AvgIpc) is 3.45. The van der Waals surface area contributed by atoms with E-state index in [0.29, 0.717) is 47.9 Å². The standard InChI is InChI=1S/C28H27N5O3/c1-35-26-15-22(9-12-25(26)36-18-21-5-3-2-4-6-21)27(33-23-10-7-20(16-29)8-11-23)28(34)31-14-13-24-17-30-19-32-24/h2-12,15,17,19,27,33H,13-14,18H2,1H3,(H,30,32)(H,31,34)/t27-/m1/s1. The number of nitriles is 1. The van der Waals surface area contributed by atoms with Gasteiger partial charge >= 0.3 is 0 Å². The number of carbonyl (C=O) groups is 1. The number of aromatic amines is 1. The van der Waals surface area contributed by atoms with E-state index >= 15 is 0 Å². The van der Waals surface area contributed by atoms with E-state index in [-0.39, 0.29) is 5.91 Å². The monoisotopic (exact) mass is 481 g/mol. The molecule has 1 atom stereocenters. The highest BCUT2D eigenvalue weighted by Crippen LogP contribution is 2.32. The maximum atomic E-state index is 13.3. The summed E-state index contributed by atoms with van der Waals surface area (Å²) in [6.07, 6.45) is 3.97. The molecule has 0 aliphatic carbocycles. The summed E-state index contributed by atoms with van der Waals surface area (Å²) in [4.78, 5) is 20.3. The zero-order valence-electron chi connectivity index (χ0n) is 19.9. The number of methoxy groups -OCH3 is 1. The van der Waals surface area contributed by atoms with Gasteiger partial charge in [-0.2, -0.15) is 5.26 Å². The highest BCUT2D eigenvalue weighted by molar-refractivity contribution is 5.86. The molecule has 1 aromatic heterocycles. The van der Waals surface area contributed by atoms with Gasteiger partial charge in [0, 0.05) is 30.5 Å². The second-order valence-electron chi connectivity index (χ2n) is 8.07. The summed E-state index contributed by atoms with van der Waals surface area (Å²) in [6, 6.07) is 23.7. The van der Waals surface area contributed by atoms with Crippen molar-refractivity contribution >= 4 is 11.6 Å². The number of nitrogens with one attached hydrogen (secondary N) is 3. The zero-order chi connectivity index (χ0) is 25.2. The molecule has 0 saturated heterocycles. The molecule has 0 aliphatic heterocycles. The molecule has 0 saturated carbocycles. The van der Waals surface area contributed by atoms with Crippen molar-refractivity contribution in [1.29, 1.82) is 5.26 Å². The SMILES string of the molecule is COc1cc([C@@H](Nc2ccc(C#N)cc2)C(=O)NCCc2cnc[nH]2)ccc1OCc1ccccc1. The van der Waals surface area contributed by atoms with Gasteiger partial charge in [0.15, 0.2) is 11.5 Å². The number of anilines is 1. The molecule has 4 rings (SSSR count). The molecule has 0 bridgehead atoms. The van der Waals surface area contributed by atoms with Crippen LogP contribution in [0.3, 0.4) is 0 Å². The first-order valence-electron chi connectivity index (χ1n) is 11.5. The van der Waals surface area contributed by atoms with Gasteiger partial charge in [0.1, 0.15) is 12.6 Å². The number of amides is 1. The Morgan fingerprint density at radius 3 is 2.58 bits per heavy atom. The Balaban J connectivity index is 1.53. The molecule has 0 radical (unpaired) electrons. The van der Waals surface area contributed by atoms with Crippen molar-refractivity contribution in [2.24, 2.45) is 0 Å². The van der Waals surface area contributed by atoms with Gasteiger partial charge in [-0.1, -0.05) is 36.4 Å². The number of hydrogen-bond acceptors (Lipinski definition) is 6. The van der Waals surface area contributed by atoms with Crippen LogP contribution >= 0.6 is 0 Å². The highest BCUT2D eigenvalue weighted by atomic mass is 16.5. The first kappa shape index (κ1) is 24.4. The van der Waals surface area contributed by atoms with Gasteiger partial charge in [-0.3, -0.25) is 4.79 Å². The second kappa shape index (κ2) is 12.1. The lowest BCUT2D eigenvalue weighted by atomic mass is 10.0. The molecule has 0 spiro atoms. The largest absolute Gasteiger partial charge is 0.493 e. The van der Waals surface area contributed by atoms with E-state index in [4.69, 9.17) is 14.7 Å². The van der Waals surface area contributed by atoms with E-state index in [0.717, 1.165) is 11.3 Å². The van der Waals surface area contributed by atoms with Crippen LogP contribution in [0.15, 0.2) is 85.3 Å². The first-order valence-corrected chi connectivity index (χ1v) is 11.5. The third-order valence-corrected chi connectivity index (χ3v) is 5.59. The fourth-order valence-electron chi connectivity index (χ4n) is 3.67. The van der Waals surface area contributed by atoms with Crippen molar-refractivity contribution in [3.05, 3.63) is 108 Å². The molecule has 3 aromatic carbocycles. The number of nitrogens with zero attached hydrogens (tertiary/aromatic N) is 2. The average molecular weight is 482 g/mol. The third-order valence-electron chi connectivity index (χ3n) is 5.59. The molecule has 36 heavy (non-hydrogen) atoms. The Morgan fingerprint density at radius 1 is 1.08 bits per heavy atom. The van der Waals surface area contributed by atoms with Gasteiger partial charge in [-0.05, 0) is 47.5 Å². The van der Waals surface area contributed by atoms with Crippen LogP contribution in [-0.4, -0.2) is 29.5 Å². The van der Waals surface area contributed by atoms with Crippen molar-refractivity contribution in [3.8, 4) is 17.6 Å². The molecule has 182 valence electrons. The summed E-state index contributed by atoms with van der Waals surface area (Å²) in [5.74, 6) is 0.918. The molecule has 0 unspecified atom stereocenters. The van der Waals surface area contributed by atoms with E-state index in [1.54, 1.807) is 50.0 Å². The number of hydrogen-bond donors (Lipinski definition) is 3. The van der Waals surface area contributed by atoms with Crippen molar-refractivity contribution in [3.63, 3.8) is 0 Å². The van der Waals surface area contributed by atoms with E-state index < -0.39 is 6.04 Å². The van der Waals surface area contributed by atoms with Gasteiger partial charge < -0.3 is 25.1 Å². The van der Waals surface area contributed by atoms with E-state index in [1.807, 2.05) is 42.5 Å². The Kier molecular flexibility index (Phi) is 8.18. The van der Waals surface area contributed by atoms with Gasteiger partial charge in [0.25, 0.3) is 0 Å². The minimum absolute atomic E-state index is 0.195. The number of benzene rings is 3. The maximum absolute atomic E-state index is 13.3. The second-order valence-corrected chi connectivity index (χ2v) is 8.07. The Morgan fingerprint density at radius 2 is 1.89 bits per heavy atom. The normalized spacial score (nSPS) is 11.2. The van der Waals surface area contributed by atoms with Crippen LogP contribution in [-0.2, 0) is 17.8 Å². The maximum Gasteiger partial charge on any atom is 0.247 e. The molecule has 4 aromatic rings. The summed E-state index contributed by atoms with van der Waals surface area (Å²) in [6.45, 7) is 0.847. The molecule has 0 aliphatic rings. The van der Waals surface area contributed by atoms with Crippen molar-refractivity contribution in [1.82, 2.24) is 15.3 Å². The lowest BCUT2D eigenvalue weighted by Gasteiger charge is -2.21. The summed E-state index contributed by atoms with van der Waals surface area (Å²) in [5, 5.41) is 15.4. The molecule has 0 fully saturated rings. The number of ether oxygens (including phenoxy) is 2. The van der Waals surface area contributed by atoms with E-state index in [9.17, 15) is 4.79 Å². The molecule has 3 N–H and O–H groups in total. The summed E-state index contributed by atoms with van der Waals surface area (Å²) >= 11 is 0. The fraction of sp³-hybridized carbons (Fsp3) is 0.179. The Bertz CT molecular complexity index is 1300. The number of H-pyrrole nitrogens is 1. The lowest BCUT2D eigenvalue weighted by molar-refractivity contribution is -0.121. The molecule has 8 nitrogen and oxygen atoms in total. The predicted octanol–water partition coefficient (Wildman–Crippen LogP) is 4.38. The van der Waals surface area contributed by atoms with Gasteiger partial charge in [-0.25, -0.2) is 4.98 Å². The zero-order valence-corrected chi connectivity index (χ0v) is 19.9. The quantitative estimate of drug-likeness (QED) is 0.293. The highest BCUT2D eigenvalue weighted by Gasteiger charge is 2.22. The minimum atomic E-state index is -0.697. The third kappa shape index (κ3) is 6.42.